The first-order valence-electron chi connectivity index (χ1n) is 15.5. The molecule has 0 bridgehead atoms. The molecule has 10 atom stereocenters. The highest BCUT2D eigenvalue weighted by Gasteiger charge is 2.63. The van der Waals surface area contributed by atoms with Crippen LogP contribution in [0, 0.1) is 59.1 Å². The van der Waals surface area contributed by atoms with Gasteiger partial charge in [0.15, 0.2) is 0 Å². The van der Waals surface area contributed by atoms with Gasteiger partial charge in [0, 0.05) is 24.2 Å². The molecule has 4 saturated carbocycles. The van der Waals surface area contributed by atoms with E-state index < -0.39 is 0 Å². The molecular formula is C33H48FNO3. The van der Waals surface area contributed by atoms with E-state index in [2.05, 4.69) is 20.8 Å². The number of nitrogens with zero attached hydrogens (tertiary/aromatic N) is 1. The number of aryl methyl sites for hydroxylation is 1. The summed E-state index contributed by atoms with van der Waals surface area (Å²) in [6.45, 7) is 9.50. The fourth-order valence-electron chi connectivity index (χ4n) is 10.7. The average Bonchev–Trinajstić information content (AvgIpc) is 3.48. The van der Waals surface area contributed by atoms with Gasteiger partial charge in [-0.2, -0.15) is 0 Å². The van der Waals surface area contributed by atoms with Crippen molar-refractivity contribution in [1.29, 1.82) is 0 Å². The number of carbonyl (C=O) groups excluding carboxylic acids is 1. The summed E-state index contributed by atoms with van der Waals surface area (Å²) >= 11 is 0. The summed E-state index contributed by atoms with van der Waals surface area (Å²) in [7, 11) is 0. The molecule has 0 aromatic heterocycles. The number of hydrogen-bond donors (Lipinski definition) is 2. The molecule has 2 N–H and O–H groups in total. The monoisotopic (exact) mass is 525 g/mol. The van der Waals surface area contributed by atoms with Gasteiger partial charge in [0.2, 0.25) is 5.91 Å². The minimum Gasteiger partial charge on any atom is -0.393 e. The van der Waals surface area contributed by atoms with Crippen molar-refractivity contribution in [2.45, 2.75) is 111 Å². The van der Waals surface area contributed by atoms with E-state index in [-0.39, 0.29) is 34.8 Å². The van der Waals surface area contributed by atoms with Crippen molar-refractivity contribution in [3.8, 4) is 0 Å². The molecule has 5 heteroatoms. The predicted octanol–water partition coefficient (Wildman–Crippen LogP) is 6.43. The number of anilines is 1. The van der Waals surface area contributed by atoms with E-state index in [1.807, 2.05) is 6.07 Å². The van der Waals surface area contributed by atoms with Crippen LogP contribution in [0.5, 0.6) is 0 Å². The Morgan fingerprint density at radius 1 is 1.11 bits per heavy atom. The molecule has 1 aliphatic heterocycles. The van der Waals surface area contributed by atoms with E-state index in [0.29, 0.717) is 66.0 Å². The second-order valence-electron chi connectivity index (χ2n) is 14.4. The van der Waals surface area contributed by atoms with E-state index in [9.17, 15) is 19.4 Å². The maximum absolute atomic E-state index is 14.6. The Kier molecular flexibility index (Phi) is 6.74. The molecule has 4 fully saturated rings. The van der Waals surface area contributed by atoms with Gasteiger partial charge in [-0.1, -0.05) is 26.8 Å². The largest absolute Gasteiger partial charge is 0.393 e. The van der Waals surface area contributed by atoms with E-state index in [0.717, 1.165) is 44.2 Å². The number of aliphatic hydroxyl groups is 2. The van der Waals surface area contributed by atoms with Crippen molar-refractivity contribution >= 4 is 11.6 Å². The molecule has 0 spiro atoms. The van der Waals surface area contributed by atoms with Crippen molar-refractivity contribution < 1.29 is 19.4 Å². The second kappa shape index (κ2) is 9.58. The number of amides is 1. The molecule has 0 radical (unpaired) electrons. The SMILES string of the molecule is Cc1ccc2c(c1F)CCN2C(=O)CC[C@@H](C)[C@H]1CC[C@H]2[C@@H]3CC[C@@H]4C[C@H](O)CC[C@]4(C)[C@H]3C[C@H](O)[C@]12C. The van der Waals surface area contributed by atoms with Crippen molar-refractivity contribution in [2.24, 2.45) is 46.3 Å². The topological polar surface area (TPSA) is 60.8 Å². The summed E-state index contributed by atoms with van der Waals surface area (Å²) < 4.78 is 14.6. The van der Waals surface area contributed by atoms with Crippen molar-refractivity contribution in [2.75, 3.05) is 11.4 Å². The minimum atomic E-state index is -0.293. The summed E-state index contributed by atoms with van der Waals surface area (Å²) in [6.07, 6.45) is 10.1. The van der Waals surface area contributed by atoms with E-state index >= 15 is 0 Å². The highest BCUT2D eigenvalue weighted by atomic mass is 19.1. The molecule has 1 aromatic rings. The lowest BCUT2D eigenvalue weighted by Gasteiger charge is -2.62. The number of carbonyl (C=O) groups is 1. The molecule has 210 valence electrons. The van der Waals surface area contributed by atoms with Crippen LogP contribution in [0.15, 0.2) is 12.1 Å². The second-order valence-corrected chi connectivity index (χ2v) is 14.4. The molecule has 1 amide bonds. The lowest BCUT2D eigenvalue weighted by Crippen LogP contribution is -2.58. The van der Waals surface area contributed by atoms with Gasteiger partial charge >= 0.3 is 0 Å². The van der Waals surface area contributed by atoms with Gasteiger partial charge in [-0.15, -0.1) is 0 Å². The Hall–Kier alpha value is -1.46. The molecule has 5 aliphatic rings. The van der Waals surface area contributed by atoms with Crippen LogP contribution in [0.4, 0.5) is 10.1 Å². The fourth-order valence-corrected chi connectivity index (χ4v) is 10.7. The molecule has 1 aromatic carbocycles. The number of rotatable bonds is 4. The standard InChI is InChI=1S/C33H48FNO3/c1-19(6-12-30(38)35-16-14-24-28(35)11-5-20(2)31(24)34)25-9-10-26-23-8-7-21-17-22(36)13-15-32(21,3)27(23)18-29(37)33(25,26)4/h5,11,19,21-23,25-27,29,36-37H,6-10,12-18H2,1-4H3/t19-,21-,22-,23+,25-,26+,27+,29+,32+,33-/m1/s1. The molecule has 1 heterocycles. The molecule has 38 heavy (non-hydrogen) atoms. The quantitative estimate of drug-likeness (QED) is 0.476. The Balaban J connectivity index is 1.14. The van der Waals surface area contributed by atoms with Gasteiger partial charge in [0.05, 0.1) is 12.2 Å². The maximum atomic E-state index is 14.6. The molecule has 6 rings (SSSR count). The molecule has 4 aliphatic carbocycles. The van der Waals surface area contributed by atoms with Gasteiger partial charge in [-0.3, -0.25) is 4.79 Å². The predicted molar refractivity (Wildman–Crippen MR) is 148 cm³/mol. The van der Waals surface area contributed by atoms with Crippen molar-refractivity contribution in [3.63, 3.8) is 0 Å². The first-order chi connectivity index (χ1) is 18.1. The highest BCUT2D eigenvalue weighted by Crippen LogP contribution is 2.68. The van der Waals surface area contributed by atoms with Crippen LogP contribution in [0.3, 0.4) is 0 Å². The van der Waals surface area contributed by atoms with E-state index in [1.54, 1.807) is 17.9 Å². The summed E-state index contributed by atoms with van der Waals surface area (Å²) in [4.78, 5) is 15.1. The Labute approximate surface area is 228 Å². The van der Waals surface area contributed by atoms with Crippen LogP contribution >= 0.6 is 0 Å². The summed E-state index contributed by atoms with van der Waals surface area (Å²) in [5, 5.41) is 22.1. The molecule has 0 unspecified atom stereocenters. The highest BCUT2D eigenvalue weighted by molar-refractivity contribution is 5.95. The zero-order valence-electron chi connectivity index (χ0n) is 23.9. The third-order valence-electron chi connectivity index (χ3n) is 12.9. The Bertz CT molecular complexity index is 1090. The summed E-state index contributed by atoms with van der Waals surface area (Å²) in [5.41, 5.74) is 2.26. The fraction of sp³-hybridized carbons (Fsp3) is 0.788. The van der Waals surface area contributed by atoms with Gasteiger partial charge in [0.1, 0.15) is 5.82 Å². The minimum absolute atomic E-state index is 0.0814. The first kappa shape index (κ1) is 26.7. The zero-order valence-corrected chi connectivity index (χ0v) is 23.9. The Morgan fingerprint density at radius 2 is 1.89 bits per heavy atom. The van der Waals surface area contributed by atoms with Crippen LogP contribution in [0.25, 0.3) is 0 Å². The smallest absolute Gasteiger partial charge is 0.227 e. The van der Waals surface area contributed by atoms with Crippen molar-refractivity contribution in [1.82, 2.24) is 0 Å². The lowest BCUT2D eigenvalue weighted by atomic mass is 9.43. The third kappa shape index (κ3) is 3.92. The summed E-state index contributed by atoms with van der Waals surface area (Å²) in [6, 6.07) is 3.69. The van der Waals surface area contributed by atoms with Crippen molar-refractivity contribution in [3.05, 3.63) is 29.1 Å². The van der Waals surface area contributed by atoms with Crippen LogP contribution in [0.1, 0.15) is 96.1 Å². The van der Waals surface area contributed by atoms with Gasteiger partial charge in [-0.25, -0.2) is 4.39 Å². The Morgan fingerprint density at radius 3 is 2.68 bits per heavy atom. The molecule has 0 saturated heterocycles. The third-order valence-corrected chi connectivity index (χ3v) is 12.9. The molecule has 4 nitrogen and oxygen atoms in total. The zero-order chi connectivity index (χ0) is 27.0. The van der Waals surface area contributed by atoms with Crippen LogP contribution < -0.4 is 4.90 Å². The van der Waals surface area contributed by atoms with Gasteiger partial charge in [0.25, 0.3) is 0 Å². The van der Waals surface area contributed by atoms with Crippen LogP contribution in [0.2, 0.25) is 0 Å². The van der Waals surface area contributed by atoms with E-state index in [4.69, 9.17) is 0 Å². The number of hydrogen-bond acceptors (Lipinski definition) is 3. The number of aliphatic hydroxyl groups excluding tert-OH is 2. The number of fused-ring (bicyclic) bond motifs is 6. The van der Waals surface area contributed by atoms with Gasteiger partial charge < -0.3 is 15.1 Å². The normalized spacial score (nSPS) is 42.7. The summed E-state index contributed by atoms with van der Waals surface area (Å²) in [5.74, 6) is 3.14. The number of benzene rings is 1. The van der Waals surface area contributed by atoms with E-state index in [1.165, 1.54) is 19.3 Å². The maximum Gasteiger partial charge on any atom is 0.227 e. The lowest BCUT2D eigenvalue weighted by molar-refractivity contribution is -0.174. The first-order valence-corrected chi connectivity index (χ1v) is 15.5. The number of halogens is 1. The van der Waals surface area contributed by atoms with Gasteiger partial charge in [-0.05, 0) is 129 Å². The van der Waals surface area contributed by atoms with Crippen LogP contribution in [-0.4, -0.2) is 34.9 Å². The van der Waals surface area contributed by atoms with Crippen LogP contribution in [-0.2, 0) is 11.2 Å². The average molecular weight is 526 g/mol. The molecular weight excluding hydrogens is 477 g/mol.